The molecule has 2 aliphatic rings. The van der Waals surface area contributed by atoms with E-state index < -0.39 is 6.03 Å². The van der Waals surface area contributed by atoms with Crippen LogP contribution in [0.15, 0.2) is 23.2 Å². The Morgan fingerprint density at radius 2 is 2.17 bits per heavy atom. The summed E-state index contributed by atoms with van der Waals surface area (Å²) in [6.45, 7) is 5.56. The molecule has 0 bridgehead atoms. The molecule has 1 aliphatic heterocycles. The van der Waals surface area contributed by atoms with E-state index in [1.165, 1.54) is 6.07 Å². The van der Waals surface area contributed by atoms with E-state index in [-0.39, 0.29) is 67.1 Å². The van der Waals surface area contributed by atoms with Gasteiger partial charge >= 0.3 is 6.03 Å². The first-order chi connectivity index (χ1) is 14.0. The summed E-state index contributed by atoms with van der Waals surface area (Å²) in [4.78, 5) is 28.7. The highest BCUT2D eigenvalue weighted by atomic mass is 127. The highest BCUT2D eigenvalue weighted by Crippen LogP contribution is 2.30. The van der Waals surface area contributed by atoms with Crippen LogP contribution < -0.4 is 20.7 Å². The van der Waals surface area contributed by atoms with E-state index in [0.29, 0.717) is 25.0 Å². The van der Waals surface area contributed by atoms with Crippen LogP contribution in [0.4, 0.5) is 9.18 Å². The normalized spacial score (nSPS) is 17.3. The zero-order chi connectivity index (χ0) is 20.8. The number of nitrogens with one attached hydrogen (secondary N) is 3. The quantitative estimate of drug-likeness (QED) is 0.196. The molecule has 3 amide bonds. The fraction of sp³-hybridized carbons (Fsp3) is 0.550. The molecule has 2 fully saturated rings. The predicted molar refractivity (Wildman–Crippen MR) is 123 cm³/mol. The summed E-state index contributed by atoms with van der Waals surface area (Å²) in [7, 11) is 0. The third-order valence-electron chi connectivity index (χ3n) is 4.86. The van der Waals surface area contributed by atoms with Crippen molar-refractivity contribution in [3.8, 4) is 5.75 Å². The molecule has 166 valence electrons. The predicted octanol–water partition coefficient (Wildman–Crippen LogP) is 2.40. The van der Waals surface area contributed by atoms with Crippen molar-refractivity contribution in [3.05, 3.63) is 29.6 Å². The van der Waals surface area contributed by atoms with E-state index in [4.69, 9.17) is 4.74 Å². The number of ether oxygens (including phenoxy) is 1. The molecule has 0 aromatic heterocycles. The van der Waals surface area contributed by atoms with Gasteiger partial charge in [0.2, 0.25) is 5.91 Å². The second kappa shape index (κ2) is 11.3. The molecule has 3 rings (SSSR count). The number of amides is 3. The lowest BCUT2D eigenvalue weighted by Gasteiger charge is -2.19. The summed E-state index contributed by atoms with van der Waals surface area (Å²) in [6, 6.07) is 4.37. The van der Waals surface area contributed by atoms with Crippen molar-refractivity contribution in [2.75, 3.05) is 32.8 Å². The van der Waals surface area contributed by atoms with Gasteiger partial charge in [0.05, 0.1) is 32.3 Å². The second-order valence-corrected chi connectivity index (χ2v) is 7.28. The maximum absolute atomic E-state index is 14.3. The van der Waals surface area contributed by atoms with Gasteiger partial charge in [0.15, 0.2) is 17.5 Å². The topological polar surface area (TPSA) is 95.1 Å². The Morgan fingerprint density at radius 1 is 1.40 bits per heavy atom. The summed E-state index contributed by atoms with van der Waals surface area (Å²) in [5, 5.41) is 8.81. The molecule has 3 N–H and O–H groups in total. The van der Waals surface area contributed by atoms with Crippen LogP contribution in [0.1, 0.15) is 38.3 Å². The van der Waals surface area contributed by atoms with Crippen LogP contribution in [0.3, 0.4) is 0 Å². The molecule has 1 atom stereocenters. The minimum absolute atomic E-state index is 0. The molecule has 1 saturated carbocycles. The van der Waals surface area contributed by atoms with Crippen molar-refractivity contribution >= 4 is 41.9 Å². The molecule has 1 unspecified atom stereocenters. The molecule has 1 aromatic rings. The number of carbonyl (C=O) groups excluding carboxylic acids is 2. The minimum Gasteiger partial charge on any atom is -0.490 e. The summed E-state index contributed by atoms with van der Waals surface area (Å²) in [5.74, 6) is 0.743. The van der Waals surface area contributed by atoms with Crippen LogP contribution in [0.5, 0.6) is 5.75 Å². The molecule has 0 spiro atoms. The number of aliphatic imine (C=N–C) groups is 1. The Hall–Kier alpha value is -2.11. The Morgan fingerprint density at radius 3 is 2.77 bits per heavy atom. The zero-order valence-electron chi connectivity index (χ0n) is 17.2. The van der Waals surface area contributed by atoms with Gasteiger partial charge in [-0.25, -0.2) is 9.18 Å². The Kier molecular flexibility index (Phi) is 9.12. The molecular formula is C20H29FIN5O3. The molecular weight excluding hydrogens is 504 g/mol. The third-order valence-corrected chi connectivity index (χ3v) is 4.86. The van der Waals surface area contributed by atoms with Crippen LogP contribution in [-0.2, 0) is 4.79 Å². The fourth-order valence-electron chi connectivity index (χ4n) is 2.95. The number of carbonyl (C=O) groups is 2. The third kappa shape index (κ3) is 6.71. The van der Waals surface area contributed by atoms with Gasteiger partial charge < -0.3 is 20.7 Å². The first-order valence-corrected chi connectivity index (χ1v) is 10.0. The maximum atomic E-state index is 14.3. The number of benzene rings is 1. The smallest absolute Gasteiger partial charge is 0.324 e. The van der Waals surface area contributed by atoms with E-state index in [0.717, 1.165) is 23.3 Å². The second-order valence-electron chi connectivity index (χ2n) is 7.28. The molecule has 1 saturated heterocycles. The summed E-state index contributed by atoms with van der Waals surface area (Å²) in [5.41, 5.74) is 0.765. The number of nitrogens with zero attached hydrogens (tertiary/aromatic N) is 2. The highest BCUT2D eigenvalue weighted by molar-refractivity contribution is 14.0. The van der Waals surface area contributed by atoms with Crippen molar-refractivity contribution in [1.82, 2.24) is 20.9 Å². The first kappa shape index (κ1) is 24.2. The van der Waals surface area contributed by atoms with Crippen molar-refractivity contribution in [3.63, 3.8) is 0 Å². The highest BCUT2D eigenvalue weighted by Gasteiger charge is 2.27. The van der Waals surface area contributed by atoms with Crippen LogP contribution in [0, 0.1) is 11.7 Å². The van der Waals surface area contributed by atoms with Gasteiger partial charge in [-0.3, -0.25) is 14.7 Å². The van der Waals surface area contributed by atoms with E-state index in [2.05, 4.69) is 20.9 Å². The number of hydrogen-bond acceptors (Lipinski definition) is 4. The van der Waals surface area contributed by atoms with Gasteiger partial charge in [-0.15, -0.1) is 24.0 Å². The number of urea groups is 1. The van der Waals surface area contributed by atoms with E-state index in [1.54, 1.807) is 6.07 Å². The largest absolute Gasteiger partial charge is 0.490 e. The van der Waals surface area contributed by atoms with Gasteiger partial charge in [0, 0.05) is 6.54 Å². The number of halogens is 2. The molecule has 1 aliphatic carbocycles. The van der Waals surface area contributed by atoms with Crippen LogP contribution in [0.25, 0.3) is 0 Å². The van der Waals surface area contributed by atoms with Crippen molar-refractivity contribution in [1.29, 1.82) is 0 Å². The molecule has 1 heterocycles. The summed E-state index contributed by atoms with van der Waals surface area (Å²) >= 11 is 0. The molecule has 8 nitrogen and oxygen atoms in total. The van der Waals surface area contributed by atoms with E-state index in [9.17, 15) is 14.0 Å². The zero-order valence-corrected chi connectivity index (χ0v) is 19.6. The van der Waals surface area contributed by atoms with Crippen LogP contribution in [0.2, 0.25) is 0 Å². The van der Waals surface area contributed by atoms with Crippen LogP contribution >= 0.6 is 24.0 Å². The lowest BCUT2D eigenvalue weighted by molar-refractivity contribution is -0.124. The van der Waals surface area contributed by atoms with E-state index >= 15 is 0 Å². The molecule has 1 aromatic carbocycles. The maximum Gasteiger partial charge on any atom is 0.324 e. The molecule has 10 heteroatoms. The Balaban J connectivity index is 0.00000320. The van der Waals surface area contributed by atoms with Crippen molar-refractivity contribution in [2.45, 2.75) is 32.7 Å². The fourth-order valence-corrected chi connectivity index (χ4v) is 2.95. The lowest BCUT2D eigenvalue weighted by atomic mass is 10.1. The SMILES string of the molecule is CCNC(=NCCN1C(=O)CNC1=O)NC(C)c1ccc(OCC2CC2)c(F)c1.I. The lowest BCUT2D eigenvalue weighted by Crippen LogP contribution is -2.40. The van der Waals surface area contributed by atoms with Gasteiger partial charge in [-0.1, -0.05) is 6.07 Å². The number of rotatable bonds is 9. The number of imide groups is 1. The van der Waals surface area contributed by atoms with Gasteiger partial charge in [-0.05, 0) is 50.3 Å². The Bertz CT molecular complexity index is 772. The summed E-state index contributed by atoms with van der Waals surface area (Å²) < 4.78 is 19.9. The first-order valence-electron chi connectivity index (χ1n) is 10.0. The van der Waals surface area contributed by atoms with Crippen LogP contribution in [-0.4, -0.2) is 55.6 Å². The average Bonchev–Trinajstić information content (AvgIpc) is 3.47. The van der Waals surface area contributed by atoms with Gasteiger partial charge in [-0.2, -0.15) is 0 Å². The summed E-state index contributed by atoms with van der Waals surface area (Å²) in [6.07, 6.45) is 2.31. The molecule has 30 heavy (non-hydrogen) atoms. The van der Waals surface area contributed by atoms with Crippen molar-refractivity contribution in [2.24, 2.45) is 10.9 Å². The minimum atomic E-state index is -0.393. The van der Waals surface area contributed by atoms with Crippen molar-refractivity contribution < 1.29 is 18.7 Å². The van der Waals surface area contributed by atoms with E-state index in [1.807, 2.05) is 19.9 Å². The monoisotopic (exact) mass is 533 g/mol. The number of guanidine groups is 1. The standard InChI is InChI=1S/C20H28FN5O3.HI/c1-3-22-19(23-8-9-26-18(27)11-24-20(26)28)25-13(2)15-6-7-17(16(21)10-15)29-12-14-4-5-14;/h6-7,10,13-14H,3-5,8-9,11-12H2,1-2H3,(H,24,28)(H2,22,23,25);1H. The average molecular weight is 533 g/mol. The molecule has 0 radical (unpaired) electrons. The van der Waals surface area contributed by atoms with Gasteiger partial charge in [0.25, 0.3) is 0 Å². The Labute approximate surface area is 193 Å². The number of hydrogen-bond donors (Lipinski definition) is 3. The van der Waals surface area contributed by atoms with Gasteiger partial charge in [0.1, 0.15) is 0 Å².